The van der Waals surface area contributed by atoms with E-state index >= 15 is 0 Å². The van der Waals surface area contributed by atoms with Crippen molar-refractivity contribution in [1.29, 1.82) is 0 Å². The van der Waals surface area contributed by atoms with Crippen molar-refractivity contribution in [2.75, 3.05) is 40.3 Å². The summed E-state index contributed by atoms with van der Waals surface area (Å²) in [6.45, 7) is 7.35. The van der Waals surface area contributed by atoms with Gasteiger partial charge in [-0.05, 0) is 36.0 Å². The van der Waals surface area contributed by atoms with Crippen LogP contribution in [-0.4, -0.2) is 73.4 Å². The van der Waals surface area contributed by atoms with E-state index in [4.69, 9.17) is 43.8 Å². The van der Waals surface area contributed by atoms with E-state index < -0.39 is 23.8 Å². The zero-order chi connectivity index (χ0) is 26.4. The molecule has 4 N–H and O–H groups in total. The number of primary amides is 1. The lowest BCUT2D eigenvalue weighted by atomic mass is 9.87. The van der Waals surface area contributed by atoms with Crippen LogP contribution >= 0.6 is 23.8 Å². The van der Waals surface area contributed by atoms with E-state index in [0.717, 1.165) is 5.56 Å². The van der Waals surface area contributed by atoms with Crippen LogP contribution in [-0.2, 0) is 23.8 Å². The van der Waals surface area contributed by atoms with E-state index in [9.17, 15) is 14.8 Å². The second-order valence-corrected chi connectivity index (χ2v) is 9.52. The number of hydrogen-bond acceptors (Lipinski definition) is 7. The monoisotopic (exact) mass is 531 g/mol. The van der Waals surface area contributed by atoms with Crippen molar-refractivity contribution >= 4 is 40.6 Å². The number of carbonyl (C=O) groups excluding carboxylic acids is 2. The topological polar surface area (TPSA) is 123 Å². The molecule has 0 spiro atoms. The number of ether oxygens (including phenoxy) is 3. The van der Waals surface area contributed by atoms with Crippen LogP contribution in [0.1, 0.15) is 45.1 Å². The number of thiocarbonyl (C=S) groups is 1. The summed E-state index contributed by atoms with van der Waals surface area (Å²) >= 11 is 11.4. The Morgan fingerprint density at radius 1 is 1.14 bits per heavy atom. The van der Waals surface area contributed by atoms with Crippen LogP contribution in [0.4, 0.5) is 0 Å². The van der Waals surface area contributed by atoms with E-state index in [1.165, 1.54) is 0 Å². The minimum absolute atomic E-state index is 0.0696. The van der Waals surface area contributed by atoms with Gasteiger partial charge in [-0.25, -0.2) is 5.06 Å². The largest absolute Gasteiger partial charge is 0.382 e. The normalized spacial score (nSPS) is 13.8. The van der Waals surface area contributed by atoms with E-state index in [2.05, 4.69) is 5.32 Å². The SMILES string of the molecule is COCCOCOCCNC(=S)[C@H](C(C)C)N(O)C(=O)C(CC(N)=O)C[C@@H](C)c1ccc(Cl)cc1. The summed E-state index contributed by atoms with van der Waals surface area (Å²) in [7, 11) is 1.59. The van der Waals surface area contributed by atoms with Gasteiger partial charge in [-0.2, -0.15) is 0 Å². The van der Waals surface area contributed by atoms with Crippen LogP contribution < -0.4 is 11.1 Å². The van der Waals surface area contributed by atoms with Crippen LogP contribution in [0.15, 0.2) is 24.3 Å². The second kappa shape index (κ2) is 16.8. The van der Waals surface area contributed by atoms with Gasteiger partial charge in [0.05, 0.1) is 19.8 Å². The molecular formula is C24H38ClN3O6S. The van der Waals surface area contributed by atoms with Gasteiger partial charge in [0, 0.05) is 31.0 Å². The molecule has 1 unspecified atom stereocenters. The van der Waals surface area contributed by atoms with Crippen molar-refractivity contribution in [2.24, 2.45) is 17.6 Å². The maximum atomic E-state index is 13.3. The average Bonchev–Trinajstić information content (AvgIpc) is 2.79. The van der Waals surface area contributed by atoms with E-state index in [-0.39, 0.29) is 25.0 Å². The minimum atomic E-state index is -0.806. The third-order valence-corrected chi connectivity index (χ3v) is 6.05. The van der Waals surface area contributed by atoms with Crippen LogP contribution in [0.25, 0.3) is 0 Å². The number of carbonyl (C=O) groups is 2. The number of benzene rings is 1. The van der Waals surface area contributed by atoms with Gasteiger partial charge in [0.25, 0.3) is 0 Å². The number of rotatable bonds is 17. The Morgan fingerprint density at radius 2 is 1.77 bits per heavy atom. The zero-order valence-electron chi connectivity index (χ0n) is 20.9. The summed E-state index contributed by atoms with van der Waals surface area (Å²) in [5.41, 5.74) is 6.38. The molecule has 0 aliphatic carbocycles. The minimum Gasteiger partial charge on any atom is -0.382 e. The molecule has 0 saturated heterocycles. The van der Waals surface area contributed by atoms with Crippen LogP contribution in [0.5, 0.6) is 0 Å². The lowest BCUT2D eigenvalue weighted by molar-refractivity contribution is -0.178. The number of hydrogen-bond donors (Lipinski definition) is 3. The molecule has 0 bridgehead atoms. The van der Waals surface area contributed by atoms with Gasteiger partial charge < -0.3 is 25.3 Å². The smallest absolute Gasteiger partial charge is 0.250 e. The van der Waals surface area contributed by atoms with Crippen LogP contribution in [0.3, 0.4) is 0 Å². The number of methoxy groups -OCH3 is 1. The van der Waals surface area contributed by atoms with Crippen LogP contribution in [0, 0.1) is 11.8 Å². The first-order valence-electron chi connectivity index (χ1n) is 11.6. The van der Waals surface area contributed by atoms with E-state index in [1.807, 2.05) is 32.9 Å². The van der Waals surface area contributed by atoms with Gasteiger partial charge >= 0.3 is 0 Å². The summed E-state index contributed by atoms with van der Waals surface area (Å²) in [6.07, 6.45) is 0.137. The van der Waals surface area contributed by atoms with Crippen molar-refractivity contribution in [1.82, 2.24) is 10.4 Å². The van der Waals surface area contributed by atoms with Gasteiger partial charge in [0.2, 0.25) is 11.8 Å². The lowest BCUT2D eigenvalue weighted by Crippen LogP contribution is -2.52. The van der Waals surface area contributed by atoms with Crippen molar-refractivity contribution < 1.29 is 29.0 Å². The first kappa shape index (κ1) is 31.2. The molecule has 35 heavy (non-hydrogen) atoms. The molecule has 11 heteroatoms. The summed E-state index contributed by atoms with van der Waals surface area (Å²) in [4.78, 5) is 25.3. The van der Waals surface area contributed by atoms with Gasteiger partial charge in [0.15, 0.2) is 0 Å². The molecule has 2 amide bonds. The molecule has 0 aliphatic rings. The third-order valence-electron chi connectivity index (χ3n) is 5.41. The Kier molecular flexibility index (Phi) is 15.0. The highest BCUT2D eigenvalue weighted by Gasteiger charge is 2.34. The van der Waals surface area contributed by atoms with Gasteiger partial charge in [-0.1, -0.05) is 56.7 Å². The molecule has 1 aromatic carbocycles. The van der Waals surface area contributed by atoms with Crippen molar-refractivity contribution in [3.05, 3.63) is 34.9 Å². The molecule has 198 valence electrons. The Morgan fingerprint density at radius 3 is 2.34 bits per heavy atom. The predicted octanol–water partition coefficient (Wildman–Crippen LogP) is 3.12. The highest BCUT2D eigenvalue weighted by molar-refractivity contribution is 7.80. The number of hydroxylamine groups is 2. The molecule has 0 aliphatic heterocycles. The van der Waals surface area contributed by atoms with Crippen molar-refractivity contribution in [3.8, 4) is 0 Å². The zero-order valence-corrected chi connectivity index (χ0v) is 22.4. The molecule has 0 radical (unpaired) electrons. The first-order chi connectivity index (χ1) is 16.6. The molecular weight excluding hydrogens is 494 g/mol. The standard InChI is InChI=1S/C24H38ClN3O6S/c1-16(2)22(23(35)27-9-10-33-15-34-12-11-32-4)28(31)24(30)19(14-21(26)29)13-17(3)18-5-7-20(25)8-6-18/h5-8,16-17,19,22,31H,9-15H2,1-4H3,(H2,26,29)(H,27,35)/t17-,19?,22+/m1/s1. The first-order valence-corrected chi connectivity index (χ1v) is 12.3. The Hall–Kier alpha value is -1.82. The number of halogens is 1. The maximum absolute atomic E-state index is 13.3. The van der Waals surface area contributed by atoms with Crippen molar-refractivity contribution in [2.45, 2.75) is 45.6 Å². The molecule has 1 aromatic rings. The maximum Gasteiger partial charge on any atom is 0.250 e. The number of nitrogens with one attached hydrogen (secondary N) is 1. The predicted molar refractivity (Wildman–Crippen MR) is 138 cm³/mol. The molecule has 9 nitrogen and oxygen atoms in total. The molecule has 3 atom stereocenters. The number of amides is 2. The van der Waals surface area contributed by atoms with E-state index in [1.54, 1.807) is 19.2 Å². The summed E-state index contributed by atoms with van der Waals surface area (Å²) in [5, 5.41) is 15.1. The van der Waals surface area contributed by atoms with Gasteiger partial charge in [0.1, 0.15) is 17.8 Å². The molecule has 0 aromatic heterocycles. The quantitative estimate of drug-likeness (QED) is 0.0921. The third kappa shape index (κ3) is 11.6. The fourth-order valence-electron chi connectivity index (χ4n) is 3.56. The molecule has 0 saturated carbocycles. The fourth-order valence-corrected chi connectivity index (χ4v) is 4.16. The number of nitrogens with zero attached hydrogens (tertiary/aromatic N) is 1. The Balaban J connectivity index is 2.76. The van der Waals surface area contributed by atoms with Gasteiger partial charge in [-0.3, -0.25) is 14.8 Å². The highest BCUT2D eigenvalue weighted by atomic mass is 35.5. The second-order valence-electron chi connectivity index (χ2n) is 8.65. The van der Waals surface area contributed by atoms with E-state index in [0.29, 0.717) is 47.9 Å². The summed E-state index contributed by atoms with van der Waals surface area (Å²) < 4.78 is 15.5. The lowest BCUT2D eigenvalue weighted by Gasteiger charge is -2.33. The average molecular weight is 532 g/mol. The molecule has 1 rings (SSSR count). The Bertz CT molecular complexity index is 796. The highest BCUT2D eigenvalue weighted by Crippen LogP contribution is 2.28. The fraction of sp³-hybridized carbons (Fsp3) is 0.625. The van der Waals surface area contributed by atoms with Crippen molar-refractivity contribution in [3.63, 3.8) is 0 Å². The molecule has 0 fully saturated rings. The van der Waals surface area contributed by atoms with Gasteiger partial charge in [-0.15, -0.1) is 0 Å². The number of nitrogens with two attached hydrogens (primary N) is 1. The summed E-state index contributed by atoms with van der Waals surface area (Å²) in [6, 6.07) is 6.50. The van der Waals surface area contributed by atoms with Crippen LogP contribution in [0.2, 0.25) is 5.02 Å². The Labute approximate surface area is 218 Å². The summed E-state index contributed by atoms with van der Waals surface area (Å²) in [5.74, 6) is -2.29. The molecule has 0 heterocycles.